The number of aromatic hydroxyl groups is 1. The van der Waals surface area contributed by atoms with Gasteiger partial charge in [0, 0.05) is 120 Å². The number of ether oxygens (including phenoxy) is 2. The topological polar surface area (TPSA) is 154 Å². The molecule has 21 heteroatoms. The van der Waals surface area contributed by atoms with Crippen LogP contribution in [0.1, 0.15) is 94.9 Å². The van der Waals surface area contributed by atoms with Gasteiger partial charge in [-0.3, -0.25) is 0 Å². The maximum absolute atomic E-state index is 8.70. The van der Waals surface area contributed by atoms with Crippen molar-refractivity contribution in [1.29, 1.82) is 0 Å². The van der Waals surface area contributed by atoms with Gasteiger partial charge in [-0.25, -0.2) is 0 Å². The minimum absolute atomic E-state index is 0. The van der Waals surface area contributed by atoms with Gasteiger partial charge in [0.25, 0.3) is 0 Å². The standard InChI is InChI=1S/C28H55NO7Si2.C15H19NO.C6H7NO.C6H16O3Si.C3H5Br.2HI/c1-8-15-22-29(23-16-25-37(31-9-2,32-10-3)33-11-4)27-18-20-28(21-19-27)30-24-17-26-38(34-12-5,35-13-6)36-14-7;1-4-11-16(12-5-2)14-7-9-15(10-8-14)17-13-6-3;7-5-1-3-6(8)4-2-5;1-4-7-10(8-5-2)9-6-3;1-2-3-4;;/h18-21H,8-17,22-26H2,1-7H3;4-10H,1-3,11-13H2;1-4,8H,7H2;10H,4-6H2,1-3H3;2H,1,3H2;2*1H/p-1. The van der Waals surface area contributed by atoms with E-state index in [0.717, 1.165) is 86.5 Å². The van der Waals surface area contributed by atoms with Crippen molar-refractivity contribution in [2.45, 2.75) is 107 Å². The van der Waals surface area contributed by atoms with Gasteiger partial charge < -0.3 is 93.9 Å². The molecule has 0 aliphatic heterocycles. The first-order valence-electron chi connectivity index (χ1n) is 27.5. The molecule has 0 aliphatic carbocycles. The Morgan fingerprint density at radius 1 is 0.519 bits per heavy atom. The van der Waals surface area contributed by atoms with E-state index in [4.69, 9.17) is 60.1 Å². The summed E-state index contributed by atoms with van der Waals surface area (Å²) in [6.45, 7) is 44.9. The number of nitrogen functional groups attached to an aromatic ring is 1. The molecular weight excluding hydrogens is 1350 g/mol. The fraction of sp³-hybridized carbons (Fsp3) is 0.552. The summed E-state index contributed by atoms with van der Waals surface area (Å²) >= 11 is 3.13. The zero-order valence-electron chi connectivity index (χ0n) is 49.8. The summed E-state index contributed by atoms with van der Waals surface area (Å²) in [5.41, 5.74) is 8.33. The molecule has 0 aromatic heterocycles. The lowest BCUT2D eigenvalue weighted by Gasteiger charge is -2.30. The lowest BCUT2D eigenvalue weighted by molar-refractivity contribution is -0.0000453. The van der Waals surface area contributed by atoms with E-state index >= 15 is 0 Å². The van der Waals surface area contributed by atoms with Crippen LogP contribution in [-0.4, -0.2) is 136 Å². The van der Waals surface area contributed by atoms with Crippen molar-refractivity contribution in [3.63, 3.8) is 0 Å². The molecule has 0 amide bonds. The Bertz CT molecular complexity index is 1760. The molecule has 0 aliphatic rings. The second-order valence-electron chi connectivity index (χ2n) is 16.1. The highest BCUT2D eigenvalue weighted by Crippen LogP contribution is 2.25. The predicted octanol–water partition coefficient (Wildman–Crippen LogP) is 11.0. The van der Waals surface area contributed by atoms with Gasteiger partial charge in [-0.15, -0.1) is 43.7 Å². The number of anilines is 3. The molecule has 3 rings (SSSR count). The molecule has 0 unspecified atom stereocenters. The maximum Gasteiger partial charge on any atom is 0.501 e. The zero-order chi connectivity index (χ0) is 57.8. The largest absolute Gasteiger partial charge is 1.00 e. The molecule has 0 atom stereocenters. The number of allylic oxidation sites excluding steroid dienone is 1. The van der Waals surface area contributed by atoms with E-state index in [9.17, 15) is 0 Å². The second-order valence-corrected chi connectivity index (χ2v) is 23.8. The molecule has 0 saturated heterocycles. The molecule has 0 fully saturated rings. The Hall–Kier alpha value is -2.35. The molecular formula is C58H103BrI2N3O12Si3-. The van der Waals surface area contributed by atoms with E-state index in [-0.39, 0.29) is 53.7 Å². The Labute approximate surface area is 525 Å². The summed E-state index contributed by atoms with van der Waals surface area (Å²) in [5.74, 6) is 1.97. The molecule has 3 aromatic rings. The molecule has 79 heavy (non-hydrogen) atoms. The van der Waals surface area contributed by atoms with Crippen LogP contribution >= 0.6 is 39.9 Å². The van der Waals surface area contributed by atoms with Gasteiger partial charge in [0.15, 0.2) is 0 Å². The van der Waals surface area contributed by atoms with E-state index in [1.807, 2.05) is 98.7 Å². The SMILES string of the molecule is C=CCBr.C=CCOc1ccc(N(CC=C)CC=C)cc1.CCCCN(CCC[Si](OCC)(OCC)OCC)c1ccc(OCCC[Si](OCC)(OCC)OCC)cc1.CCO[SiH](OCC)OCC.I.Nc1ccc(O)cc1.[I-]. The Balaban J connectivity index is -0.000000557. The predicted molar refractivity (Wildman–Crippen MR) is 348 cm³/mol. The highest BCUT2D eigenvalue weighted by molar-refractivity contribution is 14.0. The summed E-state index contributed by atoms with van der Waals surface area (Å²) in [4.78, 5) is 4.62. The number of benzene rings is 3. The first kappa shape index (κ1) is 83.1. The van der Waals surface area contributed by atoms with E-state index < -0.39 is 27.1 Å². The maximum atomic E-state index is 8.70. The minimum Gasteiger partial charge on any atom is -1.00 e. The number of unbranched alkanes of at least 4 members (excludes halogenated alkanes) is 1. The number of alkyl halides is 1. The van der Waals surface area contributed by atoms with Crippen molar-refractivity contribution in [1.82, 2.24) is 0 Å². The summed E-state index contributed by atoms with van der Waals surface area (Å²) in [7, 11) is -6.98. The van der Waals surface area contributed by atoms with Crippen molar-refractivity contribution < 1.29 is 78.4 Å². The van der Waals surface area contributed by atoms with Gasteiger partial charge >= 0.3 is 27.1 Å². The Morgan fingerprint density at radius 3 is 1.24 bits per heavy atom. The van der Waals surface area contributed by atoms with Crippen LogP contribution in [0.2, 0.25) is 12.1 Å². The number of nitrogens with two attached hydrogens (primary N) is 1. The van der Waals surface area contributed by atoms with Crippen molar-refractivity contribution in [2.24, 2.45) is 0 Å². The number of phenols is 1. The number of halogens is 3. The second kappa shape index (κ2) is 57.5. The number of nitrogens with zero attached hydrogens (tertiary/aromatic N) is 2. The summed E-state index contributed by atoms with van der Waals surface area (Å²) in [6.07, 6.45) is 11.4. The van der Waals surface area contributed by atoms with E-state index in [0.29, 0.717) is 78.4 Å². The molecule has 0 bridgehead atoms. The van der Waals surface area contributed by atoms with Gasteiger partial charge in [0.05, 0.1) is 6.61 Å². The smallest absolute Gasteiger partial charge is 0.501 e. The van der Waals surface area contributed by atoms with Crippen LogP contribution in [0, 0.1) is 0 Å². The van der Waals surface area contributed by atoms with Crippen LogP contribution < -0.4 is 49.0 Å². The zero-order valence-corrected chi connectivity index (χ0v) is 59.0. The number of phenolic OH excluding ortho intramolecular Hbond substituents is 1. The third kappa shape index (κ3) is 42.2. The van der Waals surface area contributed by atoms with Crippen LogP contribution in [0.25, 0.3) is 0 Å². The van der Waals surface area contributed by atoms with Crippen molar-refractivity contribution in [3.05, 3.63) is 123 Å². The fourth-order valence-corrected chi connectivity index (χ4v) is 13.3. The molecule has 15 nitrogen and oxygen atoms in total. The summed E-state index contributed by atoms with van der Waals surface area (Å²) < 4.78 is 63.1. The highest BCUT2D eigenvalue weighted by Gasteiger charge is 2.40. The summed E-state index contributed by atoms with van der Waals surface area (Å²) in [6, 6.07) is 24.4. The molecule has 0 saturated carbocycles. The van der Waals surface area contributed by atoms with Crippen molar-refractivity contribution in [3.8, 4) is 17.2 Å². The monoisotopic (exact) mass is 1450 g/mol. The third-order valence-corrected chi connectivity index (χ3v) is 18.7. The third-order valence-electron chi connectivity index (χ3n) is 10.2. The Kier molecular flexibility index (Phi) is 60.5. The van der Waals surface area contributed by atoms with Crippen LogP contribution in [0.3, 0.4) is 0 Å². The van der Waals surface area contributed by atoms with Gasteiger partial charge in [-0.05, 0) is 154 Å². The molecule has 0 heterocycles. The first-order valence-corrected chi connectivity index (χ1v) is 33.9. The van der Waals surface area contributed by atoms with Gasteiger partial charge in [0.2, 0.25) is 0 Å². The molecule has 0 radical (unpaired) electrons. The molecule has 3 N–H and O–H groups in total. The lowest BCUT2D eigenvalue weighted by Crippen LogP contribution is -3.00. The molecule has 456 valence electrons. The number of hydrogen-bond acceptors (Lipinski definition) is 15. The van der Waals surface area contributed by atoms with Crippen LogP contribution in [0.5, 0.6) is 17.2 Å². The van der Waals surface area contributed by atoms with Gasteiger partial charge in [0.1, 0.15) is 23.9 Å². The summed E-state index contributed by atoms with van der Waals surface area (Å²) in [5, 5.41) is 9.60. The fourth-order valence-electron chi connectivity index (χ4n) is 6.97. The molecule has 3 aromatic carbocycles. The van der Waals surface area contributed by atoms with Crippen LogP contribution in [0.4, 0.5) is 17.1 Å². The number of rotatable bonds is 40. The van der Waals surface area contributed by atoms with E-state index in [1.165, 1.54) is 5.69 Å². The van der Waals surface area contributed by atoms with Crippen molar-refractivity contribution >= 4 is 84.1 Å². The van der Waals surface area contributed by atoms with Gasteiger partial charge in [-0.1, -0.05) is 60.2 Å². The normalized spacial score (nSPS) is 10.5. The highest BCUT2D eigenvalue weighted by atomic mass is 127. The minimum atomic E-state index is -2.62. The van der Waals surface area contributed by atoms with Crippen molar-refractivity contribution in [2.75, 3.05) is 120 Å². The quantitative estimate of drug-likeness (QED) is 0.0105. The number of hydrogen-bond donors (Lipinski definition) is 2. The Morgan fingerprint density at radius 2 is 0.899 bits per heavy atom. The van der Waals surface area contributed by atoms with E-state index in [2.05, 4.69) is 83.2 Å². The molecule has 0 spiro atoms. The van der Waals surface area contributed by atoms with Crippen LogP contribution in [-0.2, 0) is 39.8 Å². The van der Waals surface area contributed by atoms with E-state index in [1.54, 1.807) is 36.4 Å². The average Bonchev–Trinajstić information content (AvgIpc) is 3.43. The van der Waals surface area contributed by atoms with Crippen LogP contribution in [0.15, 0.2) is 123 Å². The lowest BCUT2D eigenvalue weighted by atomic mass is 10.2. The first-order chi connectivity index (χ1) is 37.3. The van der Waals surface area contributed by atoms with Gasteiger partial charge in [-0.2, -0.15) is 0 Å². The average molecular weight is 1450 g/mol.